The average Bonchev–Trinajstić information content (AvgIpc) is 3.25. The molecule has 1 aliphatic rings. The molecule has 0 atom stereocenters. The van der Waals surface area contributed by atoms with Gasteiger partial charge in [0.25, 0.3) is 0 Å². The first-order valence-electron chi connectivity index (χ1n) is 15.5. The topological polar surface area (TPSA) is 0 Å². The summed E-state index contributed by atoms with van der Waals surface area (Å²) in [6.07, 6.45) is 0. The molecule has 0 N–H and O–H groups in total. The third-order valence-corrected chi connectivity index (χ3v) is 11.9. The average molecular weight is 569 g/mol. The Balaban J connectivity index is 1.50. The van der Waals surface area contributed by atoms with Gasteiger partial charge in [-0.1, -0.05) is 160 Å². The molecular weight excluding hydrogens is 533 g/mol. The summed E-state index contributed by atoms with van der Waals surface area (Å²) >= 11 is 0. The maximum atomic E-state index is 2.52. The first kappa shape index (κ1) is 26.2. The normalized spacial score (nSPS) is 13.9. The largest absolute Gasteiger partial charge is 0.0775 e. The molecule has 0 saturated heterocycles. The number of fused-ring (bicyclic) bond motifs is 7. The molecular formula is C42H36Si. The van der Waals surface area contributed by atoms with E-state index in [-0.39, 0.29) is 5.41 Å². The van der Waals surface area contributed by atoms with Crippen LogP contribution >= 0.6 is 0 Å². The lowest BCUT2D eigenvalue weighted by molar-refractivity contribution is 0.661. The van der Waals surface area contributed by atoms with Crippen molar-refractivity contribution in [1.29, 1.82) is 0 Å². The molecule has 0 spiro atoms. The highest BCUT2D eigenvalue weighted by molar-refractivity contribution is 6.88. The highest BCUT2D eigenvalue weighted by Gasteiger charge is 2.37. The van der Waals surface area contributed by atoms with Gasteiger partial charge in [0, 0.05) is 5.41 Å². The van der Waals surface area contributed by atoms with Crippen molar-refractivity contribution in [3.8, 4) is 33.4 Å². The van der Waals surface area contributed by atoms with Crippen molar-refractivity contribution in [2.24, 2.45) is 0 Å². The molecule has 43 heavy (non-hydrogen) atoms. The monoisotopic (exact) mass is 568 g/mol. The molecule has 0 radical (unpaired) electrons. The summed E-state index contributed by atoms with van der Waals surface area (Å²) < 4.78 is 0. The molecule has 0 amide bonds. The molecule has 0 aromatic heterocycles. The molecule has 0 heterocycles. The van der Waals surface area contributed by atoms with Crippen LogP contribution in [-0.2, 0) is 5.41 Å². The lowest BCUT2D eigenvalue weighted by atomic mass is 9.79. The molecule has 8 rings (SSSR count). The molecule has 208 valence electrons. The molecule has 1 aliphatic carbocycles. The Bertz CT molecular complexity index is 2170. The van der Waals surface area contributed by atoms with Crippen molar-refractivity contribution in [1.82, 2.24) is 0 Å². The summed E-state index contributed by atoms with van der Waals surface area (Å²) in [5.74, 6) is 0. The summed E-state index contributed by atoms with van der Waals surface area (Å²) in [6.45, 7) is 12.0. The van der Waals surface area contributed by atoms with Crippen LogP contribution in [-0.4, -0.2) is 8.07 Å². The first-order valence-corrected chi connectivity index (χ1v) is 19.0. The summed E-state index contributed by atoms with van der Waals surface area (Å²) in [5, 5.41) is 9.39. The van der Waals surface area contributed by atoms with Crippen molar-refractivity contribution in [2.45, 2.75) is 38.9 Å². The van der Waals surface area contributed by atoms with Crippen molar-refractivity contribution < 1.29 is 0 Å². The lowest BCUT2D eigenvalue weighted by Gasteiger charge is -2.24. The van der Waals surface area contributed by atoms with Gasteiger partial charge in [-0.2, -0.15) is 0 Å². The summed E-state index contributed by atoms with van der Waals surface area (Å²) in [7, 11) is -1.39. The van der Waals surface area contributed by atoms with E-state index in [0.717, 1.165) is 0 Å². The fourth-order valence-electron chi connectivity index (χ4n) is 7.62. The maximum absolute atomic E-state index is 2.52. The molecule has 1 heteroatoms. The van der Waals surface area contributed by atoms with Crippen molar-refractivity contribution in [3.05, 3.63) is 139 Å². The van der Waals surface area contributed by atoms with Crippen LogP contribution in [0, 0.1) is 0 Å². The fraction of sp³-hybridized carbons (Fsp3) is 0.143. The minimum Gasteiger partial charge on any atom is -0.0656 e. The van der Waals surface area contributed by atoms with Gasteiger partial charge in [-0.3, -0.25) is 0 Å². The molecule has 0 nitrogen and oxygen atoms in total. The zero-order chi connectivity index (χ0) is 29.5. The molecule has 7 aromatic rings. The third kappa shape index (κ3) is 3.81. The van der Waals surface area contributed by atoms with Crippen LogP contribution in [0.4, 0.5) is 0 Å². The SMILES string of the molecule is CC1(C)c2ccccc2-c2c1cc(-c1c3ccccc3c(-c3ccc([Si](C)(C)C)cc3)c3ccccc13)c1ccccc21. The van der Waals surface area contributed by atoms with E-state index in [9.17, 15) is 0 Å². The lowest BCUT2D eigenvalue weighted by Crippen LogP contribution is -2.37. The second-order valence-electron chi connectivity index (χ2n) is 13.7. The minimum absolute atomic E-state index is 0.0750. The van der Waals surface area contributed by atoms with Crippen molar-refractivity contribution in [3.63, 3.8) is 0 Å². The van der Waals surface area contributed by atoms with Crippen molar-refractivity contribution in [2.75, 3.05) is 0 Å². The summed E-state index contributed by atoms with van der Waals surface area (Å²) in [6, 6.07) is 48.1. The van der Waals surface area contributed by atoms with Gasteiger partial charge < -0.3 is 0 Å². The van der Waals surface area contributed by atoms with E-state index in [1.165, 1.54) is 82.0 Å². The number of benzene rings is 7. The van der Waals surface area contributed by atoms with Crippen LogP contribution in [0.2, 0.25) is 19.6 Å². The van der Waals surface area contributed by atoms with Gasteiger partial charge in [0.2, 0.25) is 0 Å². The first-order chi connectivity index (χ1) is 20.7. The molecule has 0 bridgehead atoms. The second-order valence-corrected chi connectivity index (χ2v) is 18.8. The van der Waals surface area contributed by atoms with Gasteiger partial charge in [-0.05, 0) is 82.9 Å². The van der Waals surface area contributed by atoms with E-state index in [1.54, 1.807) is 0 Å². The van der Waals surface area contributed by atoms with Gasteiger partial charge in [0.05, 0.1) is 8.07 Å². The quantitative estimate of drug-likeness (QED) is 0.147. The minimum atomic E-state index is -1.39. The van der Waals surface area contributed by atoms with Gasteiger partial charge in [0.1, 0.15) is 0 Å². The smallest absolute Gasteiger partial charge is 0.0656 e. The van der Waals surface area contributed by atoms with Crippen LogP contribution < -0.4 is 5.19 Å². The highest BCUT2D eigenvalue weighted by atomic mass is 28.3. The molecule has 0 fully saturated rings. The Morgan fingerprint density at radius 2 is 0.884 bits per heavy atom. The molecule has 7 aromatic carbocycles. The molecule has 0 saturated carbocycles. The van der Waals surface area contributed by atoms with Gasteiger partial charge >= 0.3 is 0 Å². The van der Waals surface area contributed by atoms with Crippen molar-refractivity contribution >= 4 is 45.6 Å². The van der Waals surface area contributed by atoms with E-state index in [1.807, 2.05) is 0 Å². The number of rotatable bonds is 3. The van der Waals surface area contributed by atoms with E-state index < -0.39 is 8.07 Å². The van der Waals surface area contributed by atoms with Crippen LogP contribution in [0.1, 0.15) is 25.0 Å². The second kappa shape index (κ2) is 9.27. The van der Waals surface area contributed by atoms with E-state index >= 15 is 0 Å². The maximum Gasteiger partial charge on any atom is 0.0775 e. The predicted octanol–water partition coefficient (Wildman–Crippen LogP) is 11.3. The van der Waals surface area contributed by atoms with Crippen LogP contribution in [0.15, 0.2) is 127 Å². The Kier molecular flexibility index (Phi) is 5.64. The fourth-order valence-corrected chi connectivity index (χ4v) is 8.79. The van der Waals surface area contributed by atoms with Gasteiger partial charge in [0.15, 0.2) is 0 Å². The third-order valence-electron chi connectivity index (χ3n) is 9.83. The van der Waals surface area contributed by atoms with E-state index in [4.69, 9.17) is 0 Å². The Hall–Kier alpha value is -4.46. The zero-order valence-electron chi connectivity index (χ0n) is 25.6. The molecule has 0 aliphatic heterocycles. The standard InChI is InChI=1S/C42H36Si/c1-42(2)37-21-13-12-20-35(37)41-30-15-7-6-14-29(30)36(26-38(41)42)40-33-18-10-8-16-31(33)39(32-17-9-11-19-34(32)40)27-22-24-28(25-23-27)43(3,4)5/h6-26H,1-5H3. The van der Waals surface area contributed by atoms with Crippen LogP contribution in [0.5, 0.6) is 0 Å². The van der Waals surface area contributed by atoms with Gasteiger partial charge in [-0.15, -0.1) is 0 Å². The van der Waals surface area contributed by atoms with E-state index in [2.05, 4.69) is 161 Å². The van der Waals surface area contributed by atoms with E-state index in [0.29, 0.717) is 0 Å². The number of hydrogen-bond acceptors (Lipinski definition) is 0. The van der Waals surface area contributed by atoms with Crippen LogP contribution in [0.3, 0.4) is 0 Å². The predicted molar refractivity (Wildman–Crippen MR) is 190 cm³/mol. The Morgan fingerprint density at radius 3 is 1.44 bits per heavy atom. The molecule has 0 unspecified atom stereocenters. The highest BCUT2D eigenvalue weighted by Crippen LogP contribution is 2.54. The van der Waals surface area contributed by atoms with Crippen LogP contribution in [0.25, 0.3) is 65.7 Å². The van der Waals surface area contributed by atoms with Gasteiger partial charge in [-0.25, -0.2) is 0 Å². The zero-order valence-corrected chi connectivity index (χ0v) is 26.6. The Morgan fingerprint density at radius 1 is 0.419 bits per heavy atom. The Labute approximate surface area is 255 Å². The number of hydrogen-bond donors (Lipinski definition) is 0. The summed E-state index contributed by atoms with van der Waals surface area (Å²) in [4.78, 5) is 0. The summed E-state index contributed by atoms with van der Waals surface area (Å²) in [5.41, 5.74) is 10.8.